The molecule has 2 aromatic carbocycles. The highest BCUT2D eigenvalue weighted by molar-refractivity contribution is 7.12. The molecule has 1 atom stereocenters. The van der Waals surface area contributed by atoms with Gasteiger partial charge in [0.1, 0.15) is 0 Å². The number of hydrazone groups is 1. The van der Waals surface area contributed by atoms with Crippen LogP contribution in [0.5, 0.6) is 0 Å². The molecule has 0 aliphatic carbocycles. The minimum Gasteiger partial charge on any atom is -0.257 e. The summed E-state index contributed by atoms with van der Waals surface area (Å²) in [6, 6.07) is 18.5. The Hall–Kier alpha value is -2.60. The quantitative estimate of drug-likeness (QED) is 0.540. The number of anilines is 1. The molecule has 0 amide bonds. The molecule has 0 N–H and O–H groups in total. The summed E-state index contributed by atoms with van der Waals surface area (Å²) in [5.41, 5.74) is 1.24. The van der Waals surface area contributed by atoms with Crippen LogP contribution in [0.25, 0.3) is 0 Å². The molecule has 3 aromatic rings. The molecule has 1 aliphatic rings. The fourth-order valence-electron chi connectivity index (χ4n) is 3.21. The number of rotatable bonds is 3. The van der Waals surface area contributed by atoms with E-state index in [0.29, 0.717) is 6.42 Å². The zero-order valence-corrected chi connectivity index (χ0v) is 14.5. The number of benzene rings is 2. The van der Waals surface area contributed by atoms with Gasteiger partial charge in [-0.2, -0.15) is 18.3 Å². The average molecular weight is 372 g/mol. The first-order valence-electron chi connectivity index (χ1n) is 8.16. The van der Waals surface area contributed by atoms with Gasteiger partial charge in [-0.1, -0.05) is 42.5 Å². The van der Waals surface area contributed by atoms with E-state index in [0.717, 1.165) is 22.3 Å². The molecule has 1 aromatic heterocycles. The summed E-state index contributed by atoms with van der Waals surface area (Å²) in [5.74, 6) is 0. The van der Waals surface area contributed by atoms with Crippen molar-refractivity contribution in [1.82, 2.24) is 0 Å². The molecular weight excluding hydrogens is 357 g/mol. The number of hydrogen-bond donors (Lipinski definition) is 0. The van der Waals surface area contributed by atoms with Crippen LogP contribution in [0, 0.1) is 0 Å². The summed E-state index contributed by atoms with van der Waals surface area (Å²) in [6.45, 7) is 0. The molecule has 2 heterocycles. The third kappa shape index (κ3) is 3.12. The van der Waals surface area contributed by atoms with Crippen molar-refractivity contribution in [3.05, 3.63) is 88.1 Å². The largest absolute Gasteiger partial charge is 0.416 e. The zero-order chi connectivity index (χ0) is 18.1. The number of halogens is 3. The van der Waals surface area contributed by atoms with Gasteiger partial charge in [0, 0.05) is 6.42 Å². The van der Waals surface area contributed by atoms with E-state index in [2.05, 4.69) is 5.10 Å². The van der Waals surface area contributed by atoms with Crippen molar-refractivity contribution in [2.75, 3.05) is 5.01 Å². The van der Waals surface area contributed by atoms with Crippen LogP contribution in [0.4, 0.5) is 18.9 Å². The first kappa shape index (κ1) is 16.8. The molecule has 0 fully saturated rings. The second kappa shape index (κ2) is 6.61. The van der Waals surface area contributed by atoms with Gasteiger partial charge >= 0.3 is 6.18 Å². The second-order valence-corrected chi connectivity index (χ2v) is 6.96. The van der Waals surface area contributed by atoms with Gasteiger partial charge in [-0.3, -0.25) is 5.01 Å². The van der Waals surface area contributed by atoms with Crippen LogP contribution in [-0.4, -0.2) is 5.71 Å². The van der Waals surface area contributed by atoms with E-state index < -0.39 is 17.8 Å². The first-order chi connectivity index (χ1) is 12.5. The molecule has 0 bridgehead atoms. The van der Waals surface area contributed by atoms with Crippen LogP contribution in [0.1, 0.15) is 28.5 Å². The Bertz CT molecular complexity index is 918. The summed E-state index contributed by atoms with van der Waals surface area (Å²) in [7, 11) is 0. The summed E-state index contributed by atoms with van der Waals surface area (Å²) < 4.78 is 40.6. The lowest BCUT2D eigenvalue weighted by Gasteiger charge is -2.26. The topological polar surface area (TPSA) is 15.6 Å². The molecule has 6 heteroatoms. The zero-order valence-electron chi connectivity index (χ0n) is 13.6. The molecule has 132 valence electrons. The second-order valence-electron chi connectivity index (χ2n) is 6.01. The lowest BCUT2D eigenvalue weighted by Crippen LogP contribution is -2.22. The van der Waals surface area contributed by atoms with Crippen molar-refractivity contribution in [2.45, 2.75) is 18.6 Å². The molecule has 2 nitrogen and oxygen atoms in total. The first-order valence-corrected chi connectivity index (χ1v) is 9.04. The highest BCUT2D eigenvalue weighted by Crippen LogP contribution is 2.42. The van der Waals surface area contributed by atoms with Gasteiger partial charge in [-0.15, -0.1) is 11.3 Å². The van der Waals surface area contributed by atoms with Gasteiger partial charge < -0.3 is 0 Å². The van der Waals surface area contributed by atoms with Gasteiger partial charge in [0.2, 0.25) is 0 Å². The van der Waals surface area contributed by atoms with E-state index in [1.807, 2.05) is 47.8 Å². The van der Waals surface area contributed by atoms with Crippen molar-refractivity contribution < 1.29 is 13.2 Å². The molecule has 0 spiro atoms. The maximum Gasteiger partial charge on any atom is 0.416 e. The normalized spacial score (nSPS) is 17.4. The SMILES string of the molecule is FC(F)(F)c1ccccc1[C@H]1CC(c2cccs2)=NN1c1ccccc1. The standard InChI is InChI=1S/C20H15F3N2S/c21-20(22,23)16-10-5-4-9-15(16)18-13-17(19-11-6-12-26-19)24-25(18)14-7-2-1-3-8-14/h1-12,18H,13H2/t18-/m1/s1. The van der Waals surface area contributed by atoms with Crippen LogP contribution in [0.3, 0.4) is 0 Å². The molecule has 0 saturated heterocycles. The highest BCUT2D eigenvalue weighted by Gasteiger charge is 2.39. The van der Waals surface area contributed by atoms with E-state index in [9.17, 15) is 13.2 Å². The minimum absolute atomic E-state index is 0.249. The average Bonchev–Trinajstić information content (AvgIpc) is 3.31. The molecule has 1 aliphatic heterocycles. The van der Waals surface area contributed by atoms with Gasteiger partial charge in [-0.25, -0.2) is 0 Å². The van der Waals surface area contributed by atoms with Crippen molar-refractivity contribution in [1.29, 1.82) is 0 Å². The van der Waals surface area contributed by atoms with Crippen molar-refractivity contribution in [3.8, 4) is 0 Å². The Balaban J connectivity index is 1.81. The predicted octanol–water partition coefficient (Wildman–Crippen LogP) is 6.12. The van der Waals surface area contributed by atoms with E-state index in [4.69, 9.17) is 0 Å². The maximum atomic E-state index is 13.5. The lowest BCUT2D eigenvalue weighted by molar-refractivity contribution is -0.138. The Labute approximate surface area is 153 Å². The van der Waals surface area contributed by atoms with Gasteiger partial charge in [0.15, 0.2) is 0 Å². The fourth-order valence-corrected chi connectivity index (χ4v) is 3.93. The van der Waals surface area contributed by atoms with Crippen LogP contribution in [0.15, 0.2) is 77.2 Å². The van der Waals surface area contributed by atoms with Crippen molar-refractivity contribution in [2.24, 2.45) is 5.10 Å². The number of nitrogens with zero attached hydrogens (tertiary/aromatic N) is 2. The Morgan fingerprint density at radius 3 is 2.35 bits per heavy atom. The highest BCUT2D eigenvalue weighted by atomic mass is 32.1. The van der Waals surface area contributed by atoms with E-state index >= 15 is 0 Å². The molecule has 26 heavy (non-hydrogen) atoms. The number of alkyl halides is 3. The predicted molar refractivity (Wildman–Crippen MR) is 98.6 cm³/mol. The summed E-state index contributed by atoms with van der Waals surface area (Å²) in [4.78, 5) is 0.984. The summed E-state index contributed by atoms with van der Waals surface area (Å²) in [6.07, 6.45) is -3.97. The third-order valence-electron chi connectivity index (χ3n) is 4.36. The molecule has 0 unspecified atom stereocenters. The summed E-state index contributed by atoms with van der Waals surface area (Å²) in [5, 5.41) is 8.33. The molecule has 0 radical (unpaired) electrons. The van der Waals surface area contributed by atoms with Gasteiger partial charge in [0.25, 0.3) is 0 Å². The number of thiophene rings is 1. The molecular formula is C20H15F3N2S. The Kier molecular flexibility index (Phi) is 4.28. The van der Waals surface area contributed by atoms with E-state index in [1.54, 1.807) is 28.5 Å². The molecule has 0 saturated carbocycles. The smallest absolute Gasteiger partial charge is 0.257 e. The monoisotopic (exact) mass is 372 g/mol. The van der Waals surface area contributed by atoms with Gasteiger partial charge in [-0.05, 0) is 35.2 Å². The number of para-hydroxylation sites is 1. The van der Waals surface area contributed by atoms with Crippen molar-refractivity contribution >= 4 is 22.7 Å². The van der Waals surface area contributed by atoms with E-state index in [1.165, 1.54) is 6.07 Å². The lowest BCUT2D eigenvalue weighted by atomic mass is 9.95. The third-order valence-corrected chi connectivity index (χ3v) is 5.28. The fraction of sp³-hybridized carbons (Fsp3) is 0.150. The van der Waals surface area contributed by atoms with Gasteiger partial charge in [0.05, 0.1) is 27.9 Å². The summed E-state index contributed by atoms with van der Waals surface area (Å²) >= 11 is 1.54. The van der Waals surface area contributed by atoms with E-state index in [-0.39, 0.29) is 5.56 Å². The van der Waals surface area contributed by atoms with Crippen LogP contribution in [-0.2, 0) is 6.18 Å². The number of hydrogen-bond acceptors (Lipinski definition) is 3. The Morgan fingerprint density at radius 1 is 0.923 bits per heavy atom. The Morgan fingerprint density at radius 2 is 1.65 bits per heavy atom. The maximum absolute atomic E-state index is 13.5. The van der Waals surface area contributed by atoms with Crippen LogP contribution in [0.2, 0.25) is 0 Å². The van der Waals surface area contributed by atoms with Crippen molar-refractivity contribution in [3.63, 3.8) is 0 Å². The van der Waals surface area contributed by atoms with Crippen LogP contribution < -0.4 is 5.01 Å². The minimum atomic E-state index is -4.40. The molecule has 4 rings (SSSR count). The van der Waals surface area contributed by atoms with Crippen LogP contribution >= 0.6 is 11.3 Å².